The molecule has 0 heterocycles. The maximum absolute atomic E-state index is 13.3. The predicted molar refractivity (Wildman–Crippen MR) is 166 cm³/mol. The van der Waals surface area contributed by atoms with Crippen molar-refractivity contribution >= 4 is 17.2 Å². The van der Waals surface area contributed by atoms with Crippen LogP contribution in [0.3, 0.4) is 0 Å². The molecule has 0 amide bonds. The summed E-state index contributed by atoms with van der Waals surface area (Å²) in [6.07, 6.45) is 8.36. The topological polar surface area (TPSA) is 12.0 Å². The van der Waals surface area contributed by atoms with Crippen LogP contribution < -0.4 is 5.32 Å². The fourth-order valence-electron chi connectivity index (χ4n) is 5.07. The highest BCUT2D eigenvalue weighted by atomic mass is 35.5. The Hall–Kier alpha value is -3.20. The van der Waals surface area contributed by atoms with Gasteiger partial charge in [-0.15, -0.1) is 0 Å². The molecule has 202 valence electrons. The average molecular weight is 540 g/mol. The van der Waals surface area contributed by atoms with Crippen LogP contribution in [0.25, 0.3) is 16.7 Å². The number of hydrogen-bond acceptors (Lipinski definition) is 1. The molecule has 0 saturated carbocycles. The Morgan fingerprint density at radius 1 is 0.718 bits per heavy atom. The summed E-state index contributed by atoms with van der Waals surface area (Å²) in [4.78, 5) is 0. The van der Waals surface area contributed by atoms with Crippen LogP contribution in [0.2, 0.25) is 5.02 Å². The van der Waals surface area contributed by atoms with Gasteiger partial charge in [0.25, 0.3) is 0 Å². The molecule has 39 heavy (non-hydrogen) atoms. The van der Waals surface area contributed by atoms with Crippen molar-refractivity contribution in [3.63, 3.8) is 0 Å². The predicted octanol–water partition coefficient (Wildman–Crippen LogP) is 9.51. The van der Waals surface area contributed by atoms with Crippen molar-refractivity contribution in [3.8, 4) is 11.1 Å². The first-order valence-corrected chi connectivity index (χ1v) is 14.6. The van der Waals surface area contributed by atoms with Crippen molar-refractivity contribution in [2.75, 3.05) is 13.1 Å². The Balaban J connectivity index is 1.26. The molecule has 4 aromatic rings. The van der Waals surface area contributed by atoms with E-state index >= 15 is 0 Å². The summed E-state index contributed by atoms with van der Waals surface area (Å²) in [5, 5.41) is 4.39. The summed E-state index contributed by atoms with van der Waals surface area (Å²) in [5.74, 6) is -0.230. The summed E-state index contributed by atoms with van der Waals surface area (Å²) >= 11 is 6.64. The lowest BCUT2D eigenvalue weighted by molar-refractivity contribution is 0.628. The van der Waals surface area contributed by atoms with Gasteiger partial charge in [-0.25, -0.2) is 4.39 Å². The highest BCUT2D eigenvalue weighted by Crippen LogP contribution is 2.27. The van der Waals surface area contributed by atoms with Crippen LogP contribution in [-0.4, -0.2) is 13.1 Å². The Morgan fingerprint density at radius 2 is 1.36 bits per heavy atom. The molecule has 0 aliphatic carbocycles. The molecule has 1 N–H and O–H groups in total. The van der Waals surface area contributed by atoms with Gasteiger partial charge in [0.05, 0.1) is 0 Å². The molecule has 0 aliphatic rings. The maximum Gasteiger partial charge on any atom is 0.123 e. The van der Waals surface area contributed by atoms with Crippen LogP contribution in [0.5, 0.6) is 0 Å². The van der Waals surface area contributed by atoms with Crippen molar-refractivity contribution < 1.29 is 4.39 Å². The molecule has 0 bridgehead atoms. The molecule has 0 radical (unpaired) electrons. The van der Waals surface area contributed by atoms with Crippen molar-refractivity contribution in [1.29, 1.82) is 0 Å². The Labute approximate surface area is 238 Å². The van der Waals surface area contributed by atoms with E-state index in [-0.39, 0.29) is 5.82 Å². The molecule has 4 rings (SSSR count). The smallest absolute Gasteiger partial charge is 0.123 e. The van der Waals surface area contributed by atoms with Gasteiger partial charge in [-0.05, 0) is 114 Å². The number of benzene rings is 4. The number of aryl methyl sites for hydroxylation is 2. The van der Waals surface area contributed by atoms with Gasteiger partial charge < -0.3 is 5.32 Å². The molecular formula is C36H39ClFN. The molecule has 3 heteroatoms. The quantitative estimate of drug-likeness (QED) is 0.167. The summed E-state index contributed by atoms with van der Waals surface area (Å²) in [5.41, 5.74) is 10.0. The van der Waals surface area contributed by atoms with Gasteiger partial charge in [0.1, 0.15) is 5.82 Å². The van der Waals surface area contributed by atoms with Gasteiger partial charge in [0.15, 0.2) is 0 Å². The van der Waals surface area contributed by atoms with E-state index in [0.29, 0.717) is 0 Å². The molecular weight excluding hydrogens is 501 g/mol. The molecule has 0 fully saturated rings. The highest BCUT2D eigenvalue weighted by molar-refractivity contribution is 6.31. The van der Waals surface area contributed by atoms with Crippen molar-refractivity contribution in [3.05, 3.63) is 136 Å². The van der Waals surface area contributed by atoms with E-state index in [2.05, 4.69) is 85.9 Å². The third-order valence-corrected chi connectivity index (χ3v) is 7.68. The first-order valence-electron chi connectivity index (χ1n) is 14.2. The van der Waals surface area contributed by atoms with E-state index in [9.17, 15) is 4.39 Å². The fraction of sp³-hybridized carbons (Fsp3) is 0.278. The van der Waals surface area contributed by atoms with Gasteiger partial charge in [-0.1, -0.05) is 104 Å². The molecule has 0 aliphatic heterocycles. The van der Waals surface area contributed by atoms with Crippen molar-refractivity contribution in [2.45, 2.75) is 52.4 Å². The minimum atomic E-state index is -0.230. The second kappa shape index (κ2) is 14.8. The van der Waals surface area contributed by atoms with E-state index in [1.807, 2.05) is 6.07 Å². The second-order valence-corrected chi connectivity index (χ2v) is 10.4. The lowest BCUT2D eigenvalue weighted by Gasteiger charge is -2.12. The van der Waals surface area contributed by atoms with Gasteiger partial charge >= 0.3 is 0 Å². The maximum atomic E-state index is 13.3. The molecule has 0 spiro atoms. The third-order valence-electron chi connectivity index (χ3n) is 7.33. The first kappa shape index (κ1) is 28.8. The highest BCUT2D eigenvalue weighted by Gasteiger charge is 2.08. The largest absolute Gasteiger partial charge is 0.316 e. The zero-order valence-electron chi connectivity index (χ0n) is 23.2. The van der Waals surface area contributed by atoms with E-state index in [1.165, 1.54) is 40.0 Å². The molecule has 4 aromatic carbocycles. The van der Waals surface area contributed by atoms with Crippen LogP contribution in [0.4, 0.5) is 4.39 Å². The summed E-state index contributed by atoms with van der Waals surface area (Å²) in [6, 6.07) is 30.5. The van der Waals surface area contributed by atoms with Gasteiger partial charge in [-0.2, -0.15) is 0 Å². The van der Waals surface area contributed by atoms with Crippen LogP contribution in [0.15, 0.2) is 97.1 Å². The second-order valence-electron chi connectivity index (χ2n) is 10.0. The number of allylic oxidation sites excluding steroid dienone is 2. The Bertz CT molecular complexity index is 1360. The number of halogens is 2. The lowest BCUT2D eigenvalue weighted by atomic mass is 9.96. The van der Waals surface area contributed by atoms with Crippen LogP contribution >= 0.6 is 11.6 Å². The molecule has 1 nitrogen and oxygen atoms in total. The first-order chi connectivity index (χ1) is 19.1. The normalized spacial score (nSPS) is 11.6. The number of hydrogen-bond donors (Lipinski definition) is 1. The zero-order valence-corrected chi connectivity index (χ0v) is 23.9. The summed E-state index contributed by atoms with van der Waals surface area (Å²) < 4.78 is 13.3. The van der Waals surface area contributed by atoms with Gasteiger partial charge in [0.2, 0.25) is 0 Å². The van der Waals surface area contributed by atoms with E-state index in [0.717, 1.165) is 73.3 Å². The van der Waals surface area contributed by atoms with Crippen LogP contribution in [0, 0.1) is 5.82 Å². The molecule has 0 aromatic heterocycles. The summed E-state index contributed by atoms with van der Waals surface area (Å²) in [6.45, 7) is 6.35. The third kappa shape index (κ3) is 8.39. The van der Waals surface area contributed by atoms with Crippen LogP contribution in [-0.2, 0) is 25.7 Å². The van der Waals surface area contributed by atoms with Crippen molar-refractivity contribution in [2.24, 2.45) is 0 Å². The van der Waals surface area contributed by atoms with E-state index in [4.69, 9.17) is 11.6 Å². The summed E-state index contributed by atoms with van der Waals surface area (Å²) in [7, 11) is 0. The Morgan fingerprint density at radius 3 is 2.03 bits per heavy atom. The minimum Gasteiger partial charge on any atom is -0.316 e. The van der Waals surface area contributed by atoms with E-state index < -0.39 is 0 Å². The molecule has 0 unspecified atom stereocenters. The van der Waals surface area contributed by atoms with Gasteiger partial charge in [-0.3, -0.25) is 0 Å². The Kier molecular flexibility index (Phi) is 10.9. The molecule has 0 saturated heterocycles. The number of rotatable bonds is 13. The monoisotopic (exact) mass is 539 g/mol. The zero-order chi connectivity index (χ0) is 27.5. The van der Waals surface area contributed by atoms with E-state index in [1.54, 1.807) is 12.1 Å². The fourth-order valence-corrected chi connectivity index (χ4v) is 5.34. The number of nitrogens with one attached hydrogen (secondary N) is 1. The van der Waals surface area contributed by atoms with Crippen molar-refractivity contribution in [1.82, 2.24) is 5.32 Å². The van der Waals surface area contributed by atoms with Crippen LogP contribution in [0.1, 0.15) is 54.5 Å². The SMILES string of the molecule is CC/C=C(\CC)c1ccc(CCNCCc2ccccc2CCc2ccc(-c3ccc(F)cc3)cc2Cl)cc1. The lowest BCUT2D eigenvalue weighted by Crippen LogP contribution is -2.20. The minimum absolute atomic E-state index is 0.230. The average Bonchev–Trinajstić information content (AvgIpc) is 2.96. The molecule has 0 atom stereocenters. The van der Waals surface area contributed by atoms with Gasteiger partial charge in [0, 0.05) is 5.02 Å². The standard InChI is InChI=1S/C36H39ClFN/c1-3-7-28(4-2)31-12-10-27(11-13-31)22-24-39-25-23-30-9-6-5-8-29(30)14-15-33-16-17-34(26-36(33)37)32-18-20-35(38)21-19-32/h5-13,16-21,26,39H,3-4,14-15,22-25H2,1-2H3/b28-7+.